The lowest BCUT2D eigenvalue weighted by Gasteiger charge is -2.13. The molecule has 1 aliphatic rings. The van der Waals surface area contributed by atoms with Gasteiger partial charge in [-0.15, -0.1) is 0 Å². The van der Waals surface area contributed by atoms with Crippen molar-refractivity contribution in [3.8, 4) is 0 Å². The number of aromatic nitrogens is 2. The van der Waals surface area contributed by atoms with Crippen LogP contribution >= 0.6 is 11.8 Å². The average molecular weight is 439 g/mol. The Hall–Kier alpha value is -3.66. The zero-order chi connectivity index (χ0) is 22.1. The molecule has 9 nitrogen and oxygen atoms in total. The number of thioether (sulfide) groups is 1. The van der Waals surface area contributed by atoms with Crippen molar-refractivity contribution >= 4 is 39.8 Å². The van der Waals surface area contributed by atoms with Crippen LogP contribution < -0.4 is 16.6 Å². The summed E-state index contributed by atoms with van der Waals surface area (Å²) >= 11 is 0.929. The number of aliphatic carboxylic acids is 1. The highest BCUT2D eigenvalue weighted by Crippen LogP contribution is 2.23. The van der Waals surface area contributed by atoms with Crippen LogP contribution in [-0.4, -0.2) is 36.6 Å². The first-order chi connectivity index (χ1) is 14.8. The number of nitrogens with one attached hydrogen (secondary N) is 1. The second-order valence-electron chi connectivity index (χ2n) is 7.08. The Morgan fingerprint density at radius 1 is 1.00 bits per heavy atom. The monoisotopic (exact) mass is 439 g/mol. The smallest absolute Gasteiger partial charge is 0.332 e. The van der Waals surface area contributed by atoms with Gasteiger partial charge in [-0.05, 0) is 29.7 Å². The average Bonchev–Trinajstić information content (AvgIpc) is 3.05. The molecule has 1 saturated heterocycles. The standard InChI is InChI=1S/C21H17N3O6S/c25-17(26)11-23-15-7-2-1-6-14(15)19(28)24(21(23)30)10-13-5-3-4-12(8-13)9-16-18(27)22-20(29)31-16/h1-8,16H,9-11H2,(H,25,26)(H,22,27,29). The number of amides is 2. The minimum absolute atomic E-state index is 0.0567. The van der Waals surface area contributed by atoms with Crippen LogP contribution in [0.3, 0.4) is 0 Å². The highest BCUT2D eigenvalue weighted by Gasteiger charge is 2.31. The molecule has 0 radical (unpaired) electrons. The van der Waals surface area contributed by atoms with Crippen molar-refractivity contribution in [1.82, 2.24) is 14.5 Å². The van der Waals surface area contributed by atoms with Gasteiger partial charge in [0.2, 0.25) is 5.91 Å². The van der Waals surface area contributed by atoms with Crippen molar-refractivity contribution < 1.29 is 19.5 Å². The molecule has 1 fully saturated rings. The maximum absolute atomic E-state index is 13.0. The first kappa shape index (κ1) is 20.6. The van der Waals surface area contributed by atoms with Gasteiger partial charge in [0.1, 0.15) is 6.54 Å². The Bertz CT molecular complexity index is 1340. The molecule has 1 unspecified atom stereocenters. The topological polar surface area (TPSA) is 127 Å². The van der Waals surface area contributed by atoms with Gasteiger partial charge in [0, 0.05) is 0 Å². The predicted octanol–water partition coefficient (Wildman–Crippen LogP) is 1.19. The van der Waals surface area contributed by atoms with Crippen LogP contribution in [0.1, 0.15) is 11.1 Å². The van der Waals surface area contributed by atoms with Gasteiger partial charge in [0.05, 0.1) is 22.7 Å². The number of fused-ring (bicyclic) bond motifs is 1. The second-order valence-corrected chi connectivity index (χ2v) is 8.25. The zero-order valence-corrected chi connectivity index (χ0v) is 16.9. The van der Waals surface area contributed by atoms with Gasteiger partial charge in [0.25, 0.3) is 10.8 Å². The van der Waals surface area contributed by atoms with E-state index in [4.69, 9.17) is 0 Å². The second kappa shape index (κ2) is 8.23. The molecule has 2 amide bonds. The van der Waals surface area contributed by atoms with E-state index in [1.807, 2.05) is 0 Å². The number of para-hydroxylation sites is 1. The van der Waals surface area contributed by atoms with Crippen LogP contribution in [0.2, 0.25) is 0 Å². The fourth-order valence-corrected chi connectivity index (χ4v) is 4.44. The number of benzene rings is 2. The summed E-state index contributed by atoms with van der Waals surface area (Å²) in [4.78, 5) is 60.4. The number of carbonyl (C=O) groups is 3. The van der Waals surface area contributed by atoms with Gasteiger partial charge in [-0.2, -0.15) is 0 Å². The molecule has 10 heteroatoms. The van der Waals surface area contributed by atoms with E-state index in [-0.39, 0.29) is 28.6 Å². The van der Waals surface area contributed by atoms with Gasteiger partial charge in [-0.3, -0.25) is 33.6 Å². The highest BCUT2D eigenvalue weighted by atomic mass is 32.2. The van der Waals surface area contributed by atoms with Gasteiger partial charge >= 0.3 is 11.7 Å². The Kier molecular flexibility index (Phi) is 5.47. The minimum Gasteiger partial charge on any atom is -0.480 e. The normalized spacial score (nSPS) is 15.9. The fraction of sp³-hybridized carbons (Fsp3) is 0.190. The molecule has 1 aromatic heterocycles. The van der Waals surface area contributed by atoms with E-state index in [0.29, 0.717) is 12.0 Å². The highest BCUT2D eigenvalue weighted by molar-refractivity contribution is 8.15. The Morgan fingerprint density at radius 3 is 2.45 bits per heavy atom. The molecule has 4 rings (SSSR count). The molecule has 2 heterocycles. The third-order valence-electron chi connectivity index (χ3n) is 4.95. The number of rotatable bonds is 6. The molecule has 0 bridgehead atoms. The Balaban J connectivity index is 1.71. The molecule has 2 N–H and O–H groups in total. The van der Waals surface area contributed by atoms with Crippen molar-refractivity contribution in [2.45, 2.75) is 24.8 Å². The van der Waals surface area contributed by atoms with Crippen LogP contribution in [0.15, 0.2) is 58.1 Å². The summed E-state index contributed by atoms with van der Waals surface area (Å²) in [6.07, 6.45) is 0.325. The molecule has 1 atom stereocenters. The fourth-order valence-electron chi connectivity index (χ4n) is 3.58. The summed E-state index contributed by atoms with van der Waals surface area (Å²) in [5.41, 5.74) is 0.457. The van der Waals surface area contributed by atoms with Gasteiger partial charge < -0.3 is 5.11 Å². The summed E-state index contributed by atoms with van der Waals surface area (Å²) < 4.78 is 2.07. The lowest BCUT2D eigenvalue weighted by atomic mass is 10.1. The predicted molar refractivity (Wildman–Crippen MR) is 114 cm³/mol. The molecule has 0 saturated carbocycles. The molecule has 1 aliphatic heterocycles. The number of carbonyl (C=O) groups excluding carboxylic acids is 2. The molecule has 0 spiro atoms. The molecule has 31 heavy (non-hydrogen) atoms. The summed E-state index contributed by atoms with van der Waals surface area (Å²) in [7, 11) is 0. The van der Waals surface area contributed by atoms with Gasteiger partial charge in [-0.25, -0.2) is 4.79 Å². The molecule has 2 aromatic carbocycles. The largest absolute Gasteiger partial charge is 0.480 e. The zero-order valence-electron chi connectivity index (χ0n) is 16.1. The van der Waals surface area contributed by atoms with E-state index in [9.17, 15) is 29.1 Å². The van der Waals surface area contributed by atoms with E-state index in [0.717, 1.165) is 26.5 Å². The lowest BCUT2D eigenvalue weighted by Crippen LogP contribution is -2.41. The van der Waals surface area contributed by atoms with Crippen LogP contribution in [0.5, 0.6) is 0 Å². The van der Waals surface area contributed by atoms with E-state index in [1.165, 1.54) is 6.07 Å². The molecule has 0 aliphatic carbocycles. The first-order valence-corrected chi connectivity index (χ1v) is 10.2. The first-order valence-electron chi connectivity index (χ1n) is 9.37. The summed E-state index contributed by atoms with van der Waals surface area (Å²) in [5, 5.41) is 10.8. The van der Waals surface area contributed by atoms with Crippen LogP contribution in [0.4, 0.5) is 4.79 Å². The minimum atomic E-state index is -1.19. The number of carboxylic acid groups (broad SMARTS) is 1. The van der Waals surface area contributed by atoms with Crippen molar-refractivity contribution in [3.05, 3.63) is 80.5 Å². The van der Waals surface area contributed by atoms with E-state index >= 15 is 0 Å². The number of hydrogen-bond acceptors (Lipinski definition) is 6. The quantitative estimate of drug-likeness (QED) is 0.591. The summed E-state index contributed by atoms with van der Waals surface area (Å²) in [6, 6.07) is 13.4. The number of nitrogens with zero attached hydrogens (tertiary/aromatic N) is 2. The maximum Gasteiger partial charge on any atom is 0.332 e. The van der Waals surface area contributed by atoms with Gasteiger partial charge in [-0.1, -0.05) is 48.2 Å². The Morgan fingerprint density at radius 2 is 1.74 bits per heavy atom. The Labute approximate surface area is 179 Å². The molecule has 3 aromatic rings. The van der Waals surface area contributed by atoms with Gasteiger partial charge in [0.15, 0.2) is 0 Å². The van der Waals surface area contributed by atoms with Crippen molar-refractivity contribution in [3.63, 3.8) is 0 Å². The summed E-state index contributed by atoms with van der Waals surface area (Å²) in [5.74, 6) is -1.54. The number of hydrogen-bond donors (Lipinski definition) is 2. The number of carboxylic acids is 1. The van der Waals surface area contributed by atoms with E-state index in [1.54, 1.807) is 42.5 Å². The van der Waals surface area contributed by atoms with Crippen molar-refractivity contribution in [2.75, 3.05) is 0 Å². The van der Waals surface area contributed by atoms with Crippen molar-refractivity contribution in [2.24, 2.45) is 0 Å². The van der Waals surface area contributed by atoms with E-state index in [2.05, 4.69) is 5.32 Å². The third-order valence-corrected chi connectivity index (χ3v) is 5.93. The van der Waals surface area contributed by atoms with E-state index < -0.39 is 29.0 Å². The lowest BCUT2D eigenvalue weighted by molar-refractivity contribution is -0.137. The van der Waals surface area contributed by atoms with Crippen LogP contribution in [0, 0.1) is 0 Å². The van der Waals surface area contributed by atoms with Crippen molar-refractivity contribution in [1.29, 1.82) is 0 Å². The third kappa shape index (κ3) is 4.15. The van der Waals surface area contributed by atoms with Crippen LogP contribution in [-0.2, 0) is 29.1 Å². The van der Waals surface area contributed by atoms with Crippen LogP contribution in [0.25, 0.3) is 10.9 Å². The summed E-state index contributed by atoms with van der Waals surface area (Å²) in [6.45, 7) is -0.624. The maximum atomic E-state index is 13.0. The number of imide groups is 1. The molecular weight excluding hydrogens is 422 g/mol. The SMILES string of the molecule is O=C(O)Cn1c(=O)n(Cc2cccc(CC3SC(=O)NC3=O)c2)c(=O)c2ccccc21. The molecular formula is C21H17N3O6S. The molecule has 158 valence electrons.